The van der Waals surface area contributed by atoms with Crippen LogP contribution in [0.5, 0.6) is 0 Å². The van der Waals surface area contributed by atoms with E-state index in [1.165, 1.54) is 12.1 Å². The lowest BCUT2D eigenvalue weighted by atomic mass is 9.97. The molecule has 5 nitrogen and oxygen atoms in total. The van der Waals surface area contributed by atoms with E-state index in [2.05, 4.69) is 4.72 Å². The SMILES string of the molecule is CC1(NS(=O)(=O)c2ccccc2C#N)CCCOC1. The monoisotopic (exact) mass is 280 g/mol. The molecule has 1 unspecified atom stereocenters. The highest BCUT2D eigenvalue weighted by molar-refractivity contribution is 7.89. The molecule has 2 rings (SSSR count). The molecule has 0 amide bonds. The molecule has 1 N–H and O–H groups in total. The van der Waals surface area contributed by atoms with Gasteiger partial charge in [0.15, 0.2) is 0 Å². The Kier molecular flexibility index (Phi) is 3.90. The van der Waals surface area contributed by atoms with Gasteiger partial charge in [0.1, 0.15) is 6.07 Å². The van der Waals surface area contributed by atoms with Gasteiger partial charge in [0.2, 0.25) is 10.0 Å². The Balaban J connectivity index is 2.30. The molecule has 1 atom stereocenters. The normalized spacial score (nSPS) is 23.8. The van der Waals surface area contributed by atoms with Crippen molar-refractivity contribution in [1.82, 2.24) is 4.72 Å². The second-order valence-electron chi connectivity index (χ2n) is 4.93. The van der Waals surface area contributed by atoms with Crippen LogP contribution in [0.3, 0.4) is 0 Å². The summed E-state index contributed by atoms with van der Waals surface area (Å²) >= 11 is 0. The highest BCUT2D eigenvalue weighted by Gasteiger charge is 2.33. The van der Waals surface area contributed by atoms with Crippen molar-refractivity contribution in [2.45, 2.75) is 30.2 Å². The molecule has 0 radical (unpaired) electrons. The van der Waals surface area contributed by atoms with Crippen LogP contribution in [0.15, 0.2) is 29.2 Å². The number of nitriles is 1. The van der Waals surface area contributed by atoms with Crippen LogP contribution in [0.2, 0.25) is 0 Å². The number of rotatable bonds is 3. The maximum absolute atomic E-state index is 12.4. The first-order valence-corrected chi connectivity index (χ1v) is 7.56. The van der Waals surface area contributed by atoms with E-state index in [0.29, 0.717) is 13.2 Å². The van der Waals surface area contributed by atoms with Crippen LogP contribution in [0.25, 0.3) is 0 Å². The zero-order chi connectivity index (χ0) is 13.9. The van der Waals surface area contributed by atoms with Crippen molar-refractivity contribution in [3.8, 4) is 6.07 Å². The first-order valence-electron chi connectivity index (χ1n) is 6.08. The molecule has 1 saturated heterocycles. The van der Waals surface area contributed by atoms with Crippen molar-refractivity contribution in [2.75, 3.05) is 13.2 Å². The Bertz CT molecular complexity index is 599. The summed E-state index contributed by atoms with van der Waals surface area (Å²) in [6.45, 7) is 2.83. The summed E-state index contributed by atoms with van der Waals surface area (Å²) in [5.74, 6) is 0. The minimum absolute atomic E-state index is 0.0179. The van der Waals surface area contributed by atoms with Crippen molar-refractivity contribution in [3.63, 3.8) is 0 Å². The molecule has 0 bridgehead atoms. The molecule has 1 aliphatic rings. The molecule has 1 aliphatic heterocycles. The molecule has 1 heterocycles. The van der Waals surface area contributed by atoms with Crippen LogP contribution < -0.4 is 4.72 Å². The second kappa shape index (κ2) is 5.29. The predicted molar refractivity (Wildman–Crippen MR) is 69.9 cm³/mol. The van der Waals surface area contributed by atoms with E-state index < -0.39 is 15.6 Å². The summed E-state index contributed by atoms with van der Waals surface area (Å²) in [6, 6.07) is 8.08. The van der Waals surface area contributed by atoms with Crippen LogP contribution in [-0.4, -0.2) is 27.2 Å². The molecule has 0 aliphatic carbocycles. The molecule has 0 saturated carbocycles. The average molecular weight is 280 g/mol. The van der Waals surface area contributed by atoms with E-state index in [-0.39, 0.29) is 10.5 Å². The van der Waals surface area contributed by atoms with Gasteiger partial charge in [0.25, 0.3) is 0 Å². The van der Waals surface area contributed by atoms with Gasteiger partial charge in [0.05, 0.1) is 22.6 Å². The van der Waals surface area contributed by atoms with Crippen molar-refractivity contribution in [2.24, 2.45) is 0 Å². The van der Waals surface area contributed by atoms with Gasteiger partial charge in [0, 0.05) is 6.61 Å². The molecule has 0 aromatic heterocycles. The lowest BCUT2D eigenvalue weighted by Crippen LogP contribution is -2.51. The van der Waals surface area contributed by atoms with Crippen LogP contribution in [0.1, 0.15) is 25.3 Å². The summed E-state index contributed by atoms with van der Waals surface area (Å²) < 4.78 is 32.7. The molecular weight excluding hydrogens is 264 g/mol. The summed E-state index contributed by atoms with van der Waals surface area (Å²) in [5, 5.41) is 8.98. The molecular formula is C13H16N2O3S. The van der Waals surface area contributed by atoms with E-state index >= 15 is 0 Å². The van der Waals surface area contributed by atoms with E-state index in [0.717, 1.165) is 12.8 Å². The van der Waals surface area contributed by atoms with Gasteiger partial charge >= 0.3 is 0 Å². The molecule has 6 heteroatoms. The number of nitrogens with one attached hydrogen (secondary N) is 1. The molecule has 1 aromatic rings. The van der Waals surface area contributed by atoms with E-state index in [1.807, 2.05) is 13.0 Å². The third-order valence-electron chi connectivity index (χ3n) is 3.12. The first-order chi connectivity index (χ1) is 8.97. The van der Waals surface area contributed by atoms with Gasteiger partial charge in [-0.25, -0.2) is 13.1 Å². The van der Waals surface area contributed by atoms with E-state index in [9.17, 15) is 8.42 Å². The summed E-state index contributed by atoms with van der Waals surface area (Å²) in [7, 11) is -3.71. The van der Waals surface area contributed by atoms with Gasteiger partial charge < -0.3 is 4.74 Å². The predicted octanol–water partition coefficient (Wildman–Crippen LogP) is 1.41. The number of benzene rings is 1. The largest absolute Gasteiger partial charge is 0.380 e. The third kappa shape index (κ3) is 3.13. The lowest BCUT2D eigenvalue weighted by Gasteiger charge is -2.33. The van der Waals surface area contributed by atoms with Gasteiger partial charge in [-0.3, -0.25) is 0 Å². The van der Waals surface area contributed by atoms with E-state index in [4.69, 9.17) is 10.00 Å². The fraction of sp³-hybridized carbons (Fsp3) is 0.462. The highest BCUT2D eigenvalue weighted by atomic mass is 32.2. The maximum Gasteiger partial charge on any atom is 0.242 e. The average Bonchev–Trinajstić information content (AvgIpc) is 2.38. The zero-order valence-electron chi connectivity index (χ0n) is 10.7. The van der Waals surface area contributed by atoms with Crippen LogP contribution in [-0.2, 0) is 14.8 Å². The second-order valence-corrected chi connectivity index (χ2v) is 6.58. The summed E-state index contributed by atoms with van der Waals surface area (Å²) in [6.07, 6.45) is 1.54. The topological polar surface area (TPSA) is 79.2 Å². The fourth-order valence-electron chi connectivity index (χ4n) is 2.19. The fourth-order valence-corrected chi connectivity index (χ4v) is 3.77. The van der Waals surface area contributed by atoms with Crippen LogP contribution >= 0.6 is 0 Å². The van der Waals surface area contributed by atoms with Gasteiger partial charge in [-0.05, 0) is 31.9 Å². The van der Waals surface area contributed by atoms with Gasteiger partial charge in [-0.2, -0.15) is 5.26 Å². The lowest BCUT2D eigenvalue weighted by molar-refractivity contribution is 0.0386. The van der Waals surface area contributed by atoms with Gasteiger partial charge in [-0.1, -0.05) is 12.1 Å². The number of hydrogen-bond donors (Lipinski definition) is 1. The Morgan fingerprint density at radius 3 is 2.79 bits per heavy atom. The first kappa shape index (κ1) is 14.0. The summed E-state index contributed by atoms with van der Waals surface area (Å²) in [4.78, 5) is 0.0179. The number of sulfonamides is 1. The maximum atomic E-state index is 12.4. The van der Waals surface area contributed by atoms with Crippen LogP contribution in [0, 0.1) is 11.3 Å². The van der Waals surface area contributed by atoms with Crippen LogP contribution in [0.4, 0.5) is 0 Å². The van der Waals surface area contributed by atoms with Crippen molar-refractivity contribution >= 4 is 10.0 Å². The minimum Gasteiger partial charge on any atom is -0.380 e. The Labute approximate surface area is 113 Å². The van der Waals surface area contributed by atoms with E-state index in [1.54, 1.807) is 12.1 Å². The molecule has 0 spiro atoms. The minimum atomic E-state index is -3.71. The molecule has 1 fully saturated rings. The highest BCUT2D eigenvalue weighted by Crippen LogP contribution is 2.23. The Hall–Kier alpha value is -1.42. The van der Waals surface area contributed by atoms with Gasteiger partial charge in [-0.15, -0.1) is 0 Å². The standard InChI is InChI=1S/C13H16N2O3S/c1-13(7-4-8-18-10-13)15-19(16,17)12-6-3-2-5-11(12)9-14/h2-3,5-6,15H,4,7-8,10H2,1H3. The van der Waals surface area contributed by atoms with Crippen molar-refractivity contribution < 1.29 is 13.2 Å². The number of hydrogen-bond acceptors (Lipinski definition) is 4. The van der Waals surface area contributed by atoms with Crippen molar-refractivity contribution in [1.29, 1.82) is 5.26 Å². The molecule has 1 aromatic carbocycles. The number of ether oxygens (including phenoxy) is 1. The quantitative estimate of drug-likeness (QED) is 0.907. The van der Waals surface area contributed by atoms with Crippen molar-refractivity contribution in [3.05, 3.63) is 29.8 Å². The number of nitrogens with zero attached hydrogens (tertiary/aromatic N) is 1. The zero-order valence-corrected chi connectivity index (χ0v) is 11.5. The Morgan fingerprint density at radius 1 is 1.42 bits per heavy atom. The smallest absolute Gasteiger partial charge is 0.242 e. The third-order valence-corrected chi connectivity index (χ3v) is 4.81. The molecule has 102 valence electrons. The Morgan fingerprint density at radius 2 is 2.16 bits per heavy atom. The molecule has 19 heavy (non-hydrogen) atoms. The summed E-state index contributed by atoms with van der Waals surface area (Å²) in [5.41, 5.74) is -0.463.